The zero-order valence-corrected chi connectivity index (χ0v) is 14.8. The second-order valence-corrected chi connectivity index (χ2v) is 7.69. The molecule has 0 spiro atoms. The third kappa shape index (κ3) is 4.59. The number of sulfonamides is 1. The van der Waals surface area contributed by atoms with Crippen molar-refractivity contribution >= 4 is 27.6 Å². The van der Waals surface area contributed by atoms with Crippen LogP contribution in [0.1, 0.15) is 26.7 Å². The molecule has 1 aromatic rings. The fourth-order valence-electron chi connectivity index (χ4n) is 2.00. The van der Waals surface area contributed by atoms with Crippen molar-refractivity contribution in [1.82, 2.24) is 9.29 Å². The van der Waals surface area contributed by atoms with Gasteiger partial charge >= 0.3 is 0 Å². The van der Waals surface area contributed by atoms with Crippen molar-refractivity contribution < 1.29 is 8.42 Å². The summed E-state index contributed by atoms with van der Waals surface area (Å²) in [5.74, 6) is 1.22. The summed E-state index contributed by atoms with van der Waals surface area (Å²) in [7, 11) is -1.89. The average molecular weight is 332 g/mol. The van der Waals surface area contributed by atoms with Gasteiger partial charge in [0.15, 0.2) is 0 Å². The lowest BCUT2D eigenvalue weighted by molar-refractivity contribution is 0.385. The van der Waals surface area contributed by atoms with Gasteiger partial charge in [0, 0.05) is 31.6 Å². The molecule has 1 rings (SSSR count). The minimum Gasteiger partial charge on any atom is -0.369 e. The predicted molar refractivity (Wildman–Crippen MR) is 90.4 cm³/mol. The fourth-order valence-corrected chi connectivity index (χ4v) is 4.48. The van der Waals surface area contributed by atoms with Gasteiger partial charge in [-0.2, -0.15) is 16.1 Å². The largest absolute Gasteiger partial charge is 0.369 e. The van der Waals surface area contributed by atoms with Crippen LogP contribution in [0, 0.1) is 0 Å². The Morgan fingerprint density at radius 3 is 2.71 bits per heavy atom. The van der Waals surface area contributed by atoms with Crippen LogP contribution in [0.4, 0.5) is 5.82 Å². The number of hydrogen-bond acceptors (Lipinski definition) is 5. The standard InChI is InChI=1S/C14H25N3O2S2/c1-5-9-15-14-13(8-7-10-16-14)21(18,19)17(3)12(6-2)11-20-4/h7-8,10,12H,5-6,9,11H2,1-4H3,(H,15,16). The molecule has 0 saturated heterocycles. The zero-order valence-electron chi connectivity index (χ0n) is 13.2. The highest BCUT2D eigenvalue weighted by atomic mass is 32.2. The number of hydrogen-bond donors (Lipinski definition) is 1. The lowest BCUT2D eigenvalue weighted by Gasteiger charge is -2.26. The van der Waals surface area contributed by atoms with Crippen LogP contribution in [-0.2, 0) is 10.0 Å². The molecule has 0 fully saturated rings. The van der Waals surface area contributed by atoms with Crippen molar-refractivity contribution in [2.45, 2.75) is 37.6 Å². The first kappa shape index (κ1) is 18.3. The Bertz CT molecular complexity index is 535. The van der Waals surface area contributed by atoms with E-state index < -0.39 is 10.0 Å². The van der Waals surface area contributed by atoms with Gasteiger partial charge in [-0.1, -0.05) is 13.8 Å². The molecule has 0 aliphatic rings. The highest BCUT2D eigenvalue weighted by Crippen LogP contribution is 2.24. The molecular formula is C14H25N3O2S2. The summed E-state index contributed by atoms with van der Waals surface area (Å²) in [6.07, 6.45) is 5.29. The van der Waals surface area contributed by atoms with Crippen molar-refractivity contribution in [3.05, 3.63) is 18.3 Å². The maximum atomic E-state index is 12.8. The molecule has 120 valence electrons. The number of rotatable bonds is 9. The van der Waals surface area contributed by atoms with Crippen LogP contribution in [0.25, 0.3) is 0 Å². The maximum Gasteiger partial charge on any atom is 0.246 e. The zero-order chi connectivity index (χ0) is 15.9. The molecule has 0 aliphatic carbocycles. The van der Waals surface area contributed by atoms with Crippen LogP contribution >= 0.6 is 11.8 Å². The third-order valence-corrected chi connectivity index (χ3v) is 5.97. The van der Waals surface area contributed by atoms with Crippen LogP contribution in [-0.4, -0.2) is 49.3 Å². The Morgan fingerprint density at radius 2 is 2.14 bits per heavy atom. The molecule has 0 bridgehead atoms. The molecule has 1 atom stereocenters. The first-order chi connectivity index (χ1) is 9.98. The van der Waals surface area contributed by atoms with Crippen molar-refractivity contribution in [3.63, 3.8) is 0 Å². The molecule has 7 heteroatoms. The van der Waals surface area contributed by atoms with E-state index in [0.717, 1.165) is 18.6 Å². The molecule has 0 saturated carbocycles. The summed E-state index contributed by atoms with van der Waals surface area (Å²) in [6.45, 7) is 4.74. The van der Waals surface area contributed by atoms with E-state index in [9.17, 15) is 8.42 Å². The van der Waals surface area contributed by atoms with Gasteiger partial charge < -0.3 is 5.32 Å². The minimum absolute atomic E-state index is 0.00997. The van der Waals surface area contributed by atoms with Gasteiger partial charge in [-0.3, -0.25) is 0 Å². The Morgan fingerprint density at radius 1 is 1.43 bits per heavy atom. The number of pyridine rings is 1. The van der Waals surface area contributed by atoms with E-state index in [-0.39, 0.29) is 10.9 Å². The highest BCUT2D eigenvalue weighted by Gasteiger charge is 2.29. The fraction of sp³-hybridized carbons (Fsp3) is 0.643. The molecule has 0 aromatic carbocycles. The number of anilines is 1. The smallest absolute Gasteiger partial charge is 0.246 e. The van der Waals surface area contributed by atoms with Gasteiger partial charge in [0.1, 0.15) is 10.7 Å². The van der Waals surface area contributed by atoms with Gasteiger partial charge in [-0.15, -0.1) is 0 Å². The van der Waals surface area contributed by atoms with E-state index in [1.807, 2.05) is 20.1 Å². The first-order valence-corrected chi connectivity index (χ1v) is 9.98. The molecule has 5 nitrogen and oxygen atoms in total. The van der Waals surface area contributed by atoms with Crippen LogP contribution in [0.15, 0.2) is 23.2 Å². The summed E-state index contributed by atoms with van der Waals surface area (Å²) in [6, 6.07) is 3.26. The monoisotopic (exact) mass is 331 g/mol. The van der Waals surface area contributed by atoms with E-state index in [0.29, 0.717) is 12.4 Å². The molecule has 1 aromatic heterocycles. The van der Waals surface area contributed by atoms with E-state index in [1.54, 1.807) is 37.1 Å². The van der Waals surface area contributed by atoms with Gasteiger partial charge in [-0.05, 0) is 31.2 Å². The van der Waals surface area contributed by atoms with Crippen LogP contribution in [0.3, 0.4) is 0 Å². The summed E-state index contributed by atoms with van der Waals surface area (Å²) >= 11 is 1.65. The van der Waals surface area contributed by atoms with E-state index in [4.69, 9.17) is 0 Å². The summed E-state index contributed by atoms with van der Waals surface area (Å²) in [4.78, 5) is 4.42. The van der Waals surface area contributed by atoms with Crippen LogP contribution < -0.4 is 5.32 Å². The predicted octanol–water partition coefficient (Wildman–Crippen LogP) is 2.67. The Labute approximate surface area is 132 Å². The van der Waals surface area contributed by atoms with E-state index in [1.165, 1.54) is 4.31 Å². The molecule has 1 heterocycles. The van der Waals surface area contributed by atoms with E-state index in [2.05, 4.69) is 10.3 Å². The summed E-state index contributed by atoms with van der Waals surface area (Å²) in [5, 5.41) is 3.09. The third-order valence-electron chi connectivity index (χ3n) is 3.31. The topological polar surface area (TPSA) is 62.3 Å². The van der Waals surface area contributed by atoms with Gasteiger partial charge in [-0.25, -0.2) is 13.4 Å². The summed E-state index contributed by atoms with van der Waals surface area (Å²) < 4.78 is 27.1. The van der Waals surface area contributed by atoms with Crippen LogP contribution in [0.5, 0.6) is 0 Å². The maximum absolute atomic E-state index is 12.8. The average Bonchev–Trinajstić information content (AvgIpc) is 2.50. The Kier molecular flexibility index (Phi) is 7.48. The van der Waals surface area contributed by atoms with Crippen LogP contribution in [0.2, 0.25) is 0 Å². The Hall–Kier alpha value is -0.790. The van der Waals surface area contributed by atoms with Gasteiger partial charge in [0.25, 0.3) is 0 Å². The highest BCUT2D eigenvalue weighted by molar-refractivity contribution is 7.98. The molecular weight excluding hydrogens is 306 g/mol. The number of thioether (sulfide) groups is 1. The Balaban J connectivity index is 3.12. The van der Waals surface area contributed by atoms with Crippen molar-refractivity contribution in [2.24, 2.45) is 0 Å². The molecule has 21 heavy (non-hydrogen) atoms. The van der Waals surface area contributed by atoms with Crippen molar-refractivity contribution in [3.8, 4) is 0 Å². The lowest BCUT2D eigenvalue weighted by atomic mass is 10.3. The van der Waals surface area contributed by atoms with Gasteiger partial charge in [0.2, 0.25) is 10.0 Å². The van der Waals surface area contributed by atoms with Crippen molar-refractivity contribution in [1.29, 1.82) is 0 Å². The quantitative estimate of drug-likeness (QED) is 0.754. The minimum atomic E-state index is -3.54. The number of aromatic nitrogens is 1. The normalized spacial score (nSPS) is 13.4. The molecule has 1 N–H and O–H groups in total. The first-order valence-electron chi connectivity index (χ1n) is 7.14. The number of nitrogens with zero attached hydrogens (tertiary/aromatic N) is 2. The van der Waals surface area contributed by atoms with Gasteiger partial charge in [0.05, 0.1) is 0 Å². The lowest BCUT2D eigenvalue weighted by Crippen LogP contribution is -2.38. The van der Waals surface area contributed by atoms with E-state index >= 15 is 0 Å². The molecule has 0 aliphatic heterocycles. The molecule has 0 radical (unpaired) electrons. The number of nitrogens with one attached hydrogen (secondary N) is 1. The molecule has 0 amide bonds. The molecule has 1 unspecified atom stereocenters. The summed E-state index contributed by atoms with van der Waals surface area (Å²) in [5.41, 5.74) is 0. The second-order valence-electron chi connectivity index (χ2n) is 4.82. The second kappa shape index (κ2) is 8.60. The van der Waals surface area contributed by atoms with Crippen molar-refractivity contribution in [2.75, 3.05) is 30.9 Å². The SMILES string of the molecule is CCCNc1ncccc1S(=O)(=O)N(C)C(CC)CSC.